The number of ether oxygens (including phenoxy) is 1. The SMILES string of the molecule is [C-]#[N+]c1ccc(OC2CCC(NC(=O)c3ccc(N4CCN(C(=O)CN5Cc6cc7c(cc6C5)C(=O)N(C5CCC(=O)NC5=O)C7=O)CC4)nc3)CC2)cc1Cl. The van der Waals surface area contributed by atoms with Crippen molar-refractivity contribution in [1.82, 2.24) is 30.3 Å². The first kappa shape index (κ1) is 37.1. The maximum Gasteiger partial charge on any atom is 0.262 e. The molecular formula is C40H39ClN8O7. The molecule has 0 spiro atoms. The number of halogens is 1. The van der Waals surface area contributed by atoms with Gasteiger partial charge in [-0.2, -0.15) is 0 Å². The maximum absolute atomic E-state index is 13.4. The number of amides is 6. The molecule has 0 bridgehead atoms. The normalized spacial score (nSPS) is 22.4. The van der Waals surface area contributed by atoms with Gasteiger partial charge in [-0.1, -0.05) is 17.7 Å². The molecule has 56 heavy (non-hydrogen) atoms. The first-order chi connectivity index (χ1) is 27.0. The zero-order valence-corrected chi connectivity index (χ0v) is 31.2. The van der Waals surface area contributed by atoms with Crippen LogP contribution in [0.1, 0.15) is 80.7 Å². The van der Waals surface area contributed by atoms with E-state index in [2.05, 4.69) is 25.4 Å². The van der Waals surface area contributed by atoms with E-state index >= 15 is 0 Å². The van der Waals surface area contributed by atoms with Gasteiger partial charge in [-0.05, 0) is 79.6 Å². The van der Waals surface area contributed by atoms with Crippen LogP contribution in [0, 0.1) is 6.57 Å². The lowest BCUT2D eigenvalue weighted by molar-refractivity contribution is -0.136. The highest BCUT2D eigenvalue weighted by atomic mass is 35.5. The molecule has 1 unspecified atom stereocenters. The summed E-state index contributed by atoms with van der Waals surface area (Å²) in [5, 5.41) is 5.70. The van der Waals surface area contributed by atoms with Gasteiger partial charge in [0.25, 0.3) is 17.7 Å². The highest BCUT2D eigenvalue weighted by molar-refractivity contribution is 6.33. The minimum atomic E-state index is -1.01. The van der Waals surface area contributed by atoms with Crippen molar-refractivity contribution in [3.05, 3.63) is 92.9 Å². The van der Waals surface area contributed by atoms with Crippen molar-refractivity contribution in [2.45, 2.75) is 69.8 Å². The Morgan fingerprint density at radius 1 is 0.911 bits per heavy atom. The third kappa shape index (κ3) is 7.42. The number of nitrogens with zero attached hydrogens (tertiary/aromatic N) is 6. The van der Waals surface area contributed by atoms with Crippen molar-refractivity contribution in [2.24, 2.45) is 0 Å². The molecule has 6 amide bonds. The smallest absolute Gasteiger partial charge is 0.262 e. The third-order valence-corrected chi connectivity index (χ3v) is 11.5. The van der Waals surface area contributed by atoms with Crippen LogP contribution in [0.3, 0.4) is 0 Å². The summed E-state index contributed by atoms with van der Waals surface area (Å²) in [7, 11) is 0. The number of anilines is 1. The second-order valence-electron chi connectivity index (χ2n) is 14.8. The molecule has 8 rings (SSSR count). The van der Waals surface area contributed by atoms with E-state index in [1.54, 1.807) is 42.6 Å². The number of piperidine rings is 1. The minimum absolute atomic E-state index is 0.0115. The van der Waals surface area contributed by atoms with Crippen molar-refractivity contribution in [2.75, 3.05) is 37.6 Å². The third-order valence-electron chi connectivity index (χ3n) is 11.2. The van der Waals surface area contributed by atoms with Crippen molar-refractivity contribution < 1.29 is 33.5 Å². The summed E-state index contributed by atoms with van der Waals surface area (Å²) in [6.07, 6.45) is 4.88. The Bertz CT molecular complexity index is 2130. The number of pyridine rings is 1. The number of hydrogen-bond acceptors (Lipinski definition) is 10. The number of rotatable bonds is 8. The Morgan fingerprint density at radius 2 is 1.61 bits per heavy atom. The lowest BCUT2D eigenvalue weighted by Gasteiger charge is -2.36. The summed E-state index contributed by atoms with van der Waals surface area (Å²) < 4.78 is 6.07. The van der Waals surface area contributed by atoms with Crippen LogP contribution >= 0.6 is 11.6 Å². The van der Waals surface area contributed by atoms with Crippen LogP contribution < -0.4 is 20.3 Å². The average molecular weight is 779 g/mol. The second kappa shape index (κ2) is 15.4. The summed E-state index contributed by atoms with van der Waals surface area (Å²) >= 11 is 6.14. The van der Waals surface area contributed by atoms with Crippen LogP contribution in [0.2, 0.25) is 5.02 Å². The molecule has 5 aliphatic rings. The van der Waals surface area contributed by atoms with Gasteiger partial charge in [0, 0.05) is 57.9 Å². The molecule has 3 fully saturated rings. The summed E-state index contributed by atoms with van der Waals surface area (Å²) in [5.74, 6) is -0.970. The van der Waals surface area contributed by atoms with Gasteiger partial charge in [-0.25, -0.2) is 9.83 Å². The van der Waals surface area contributed by atoms with E-state index in [-0.39, 0.29) is 54.5 Å². The van der Waals surface area contributed by atoms with Crippen LogP contribution in [0.25, 0.3) is 4.85 Å². The van der Waals surface area contributed by atoms with Gasteiger partial charge in [0.2, 0.25) is 23.4 Å². The molecule has 2 saturated heterocycles. The van der Waals surface area contributed by atoms with Gasteiger partial charge in [0.05, 0.1) is 40.9 Å². The highest BCUT2D eigenvalue weighted by Gasteiger charge is 2.45. The fourth-order valence-corrected chi connectivity index (χ4v) is 8.38. The van der Waals surface area contributed by atoms with Gasteiger partial charge in [0.15, 0.2) is 0 Å². The number of fused-ring (bicyclic) bond motifs is 2. The van der Waals surface area contributed by atoms with E-state index in [1.165, 1.54) is 0 Å². The molecular weight excluding hydrogens is 740 g/mol. The molecule has 15 nitrogen and oxygen atoms in total. The molecule has 5 heterocycles. The predicted molar refractivity (Wildman–Crippen MR) is 202 cm³/mol. The van der Waals surface area contributed by atoms with E-state index in [1.807, 2.05) is 15.9 Å². The number of aromatic nitrogens is 1. The number of piperazine rings is 1. The lowest BCUT2D eigenvalue weighted by atomic mass is 9.92. The van der Waals surface area contributed by atoms with Gasteiger partial charge < -0.3 is 19.9 Å². The first-order valence-corrected chi connectivity index (χ1v) is 19.2. The monoisotopic (exact) mass is 778 g/mol. The molecule has 0 radical (unpaired) electrons. The molecule has 2 N–H and O–H groups in total. The van der Waals surface area contributed by atoms with Crippen molar-refractivity contribution >= 4 is 58.5 Å². The largest absolute Gasteiger partial charge is 0.490 e. The van der Waals surface area contributed by atoms with Gasteiger partial charge in [0.1, 0.15) is 17.6 Å². The predicted octanol–water partition coefficient (Wildman–Crippen LogP) is 3.47. The fourth-order valence-electron chi connectivity index (χ4n) is 8.17. The Morgan fingerprint density at radius 3 is 2.21 bits per heavy atom. The first-order valence-electron chi connectivity index (χ1n) is 18.8. The summed E-state index contributed by atoms with van der Waals surface area (Å²) in [6, 6.07) is 11.1. The van der Waals surface area contributed by atoms with Crippen LogP contribution in [0.5, 0.6) is 5.75 Å². The van der Waals surface area contributed by atoms with Gasteiger partial charge >= 0.3 is 0 Å². The van der Waals surface area contributed by atoms with E-state index < -0.39 is 29.7 Å². The summed E-state index contributed by atoms with van der Waals surface area (Å²) in [5.41, 5.74) is 3.07. The zero-order chi connectivity index (χ0) is 39.1. The number of imide groups is 2. The molecule has 1 aromatic heterocycles. The van der Waals surface area contributed by atoms with Gasteiger partial charge in [-0.3, -0.25) is 43.9 Å². The number of carbonyl (C=O) groups excluding carboxylic acids is 6. The average Bonchev–Trinajstić information content (AvgIpc) is 3.70. The molecule has 1 saturated carbocycles. The summed E-state index contributed by atoms with van der Waals surface area (Å²) in [6.45, 7) is 10.4. The van der Waals surface area contributed by atoms with Crippen LogP contribution in [0.4, 0.5) is 11.5 Å². The molecule has 1 atom stereocenters. The van der Waals surface area contributed by atoms with E-state index in [0.29, 0.717) is 61.3 Å². The molecule has 16 heteroatoms. The van der Waals surface area contributed by atoms with E-state index in [4.69, 9.17) is 22.9 Å². The van der Waals surface area contributed by atoms with Crippen LogP contribution in [0.15, 0.2) is 48.7 Å². The Kier molecular flexibility index (Phi) is 10.2. The number of nitrogens with one attached hydrogen (secondary N) is 2. The Labute approximate surface area is 327 Å². The van der Waals surface area contributed by atoms with E-state index in [9.17, 15) is 28.8 Å². The highest BCUT2D eigenvalue weighted by Crippen LogP contribution is 2.34. The minimum Gasteiger partial charge on any atom is -0.490 e. The maximum atomic E-state index is 13.4. The molecule has 288 valence electrons. The molecule has 2 aromatic carbocycles. The van der Waals surface area contributed by atoms with E-state index in [0.717, 1.165) is 47.5 Å². The van der Waals surface area contributed by atoms with Crippen molar-refractivity contribution in [1.29, 1.82) is 0 Å². The molecule has 4 aliphatic heterocycles. The van der Waals surface area contributed by atoms with Crippen LogP contribution in [-0.4, -0.2) is 106 Å². The number of benzene rings is 2. The number of carbonyl (C=O) groups is 6. The zero-order valence-electron chi connectivity index (χ0n) is 30.5. The van der Waals surface area contributed by atoms with Gasteiger partial charge in [-0.15, -0.1) is 0 Å². The van der Waals surface area contributed by atoms with Crippen LogP contribution in [-0.2, 0) is 27.5 Å². The quantitative estimate of drug-likeness (QED) is 0.256. The molecule has 1 aliphatic carbocycles. The standard InChI is InChI=1S/C40H39ClN8O7/c1-42-32-8-7-28(18-31(32)41)56-27-5-3-26(4-6-27)44-37(52)23-2-10-34(43-19-23)47-12-14-48(15-13-47)36(51)22-46-20-24-16-29-30(17-25(24)21-46)40(55)49(39(29)54)33-9-11-35(50)45-38(33)53/h2,7-8,10,16-19,26-27,33H,3-6,9,11-15,20-22H2,(H,44,52)(H,45,50,53). The molecule has 3 aromatic rings. The van der Waals surface area contributed by atoms with Crippen molar-refractivity contribution in [3.63, 3.8) is 0 Å². The number of hydrogen-bond donors (Lipinski definition) is 2. The Hall–Kier alpha value is -5.85. The second-order valence-corrected chi connectivity index (χ2v) is 15.2. The topological polar surface area (TPSA) is 166 Å². The lowest BCUT2D eigenvalue weighted by Crippen LogP contribution is -2.54. The fraction of sp³-hybridized carbons (Fsp3) is 0.400. The summed E-state index contributed by atoms with van der Waals surface area (Å²) in [4.78, 5) is 91.7. The van der Waals surface area contributed by atoms with Crippen molar-refractivity contribution in [3.8, 4) is 5.75 Å². The Balaban J connectivity index is 0.776.